The van der Waals surface area contributed by atoms with Gasteiger partial charge in [0.2, 0.25) is 5.89 Å². The SMILES string of the molecule is N#CCc1nc2c(CCl)cccc2o1. The molecule has 2 aromatic rings. The molecule has 0 radical (unpaired) electrons. The number of alkyl halides is 1. The molecule has 0 atom stereocenters. The molecule has 0 unspecified atom stereocenters. The second-order valence-corrected chi connectivity index (χ2v) is 3.11. The van der Waals surface area contributed by atoms with Crippen molar-refractivity contribution in [3.63, 3.8) is 0 Å². The van der Waals surface area contributed by atoms with Gasteiger partial charge in [0.05, 0.1) is 6.07 Å². The number of halogens is 1. The van der Waals surface area contributed by atoms with E-state index in [2.05, 4.69) is 4.98 Å². The molecule has 0 aliphatic carbocycles. The number of nitrogens with zero attached hydrogens (tertiary/aromatic N) is 2. The number of oxazole rings is 1. The predicted octanol–water partition coefficient (Wildman–Crippen LogP) is 2.63. The first-order valence-corrected chi connectivity index (χ1v) is 4.69. The van der Waals surface area contributed by atoms with Gasteiger partial charge in [-0.3, -0.25) is 0 Å². The molecule has 14 heavy (non-hydrogen) atoms. The van der Waals surface area contributed by atoms with Gasteiger partial charge in [-0.1, -0.05) is 12.1 Å². The summed E-state index contributed by atoms with van der Waals surface area (Å²) in [6, 6.07) is 7.57. The Hall–Kier alpha value is -1.53. The van der Waals surface area contributed by atoms with Crippen LogP contribution < -0.4 is 0 Å². The fourth-order valence-electron chi connectivity index (χ4n) is 1.30. The highest BCUT2D eigenvalue weighted by atomic mass is 35.5. The summed E-state index contributed by atoms with van der Waals surface area (Å²) in [6.07, 6.45) is 0.191. The molecule has 0 amide bonds. The third kappa shape index (κ3) is 1.45. The van der Waals surface area contributed by atoms with E-state index in [4.69, 9.17) is 21.3 Å². The average Bonchev–Trinajstić information content (AvgIpc) is 2.60. The zero-order chi connectivity index (χ0) is 9.97. The standard InChI is InChI=1S/C10H7ClN2O/c11-6-7-2-1-3-8-10(7)13-9(14-8)4-5-12/h1-3H,4,6H2. The molecule has 3 nitrogen and oxygen atoms in total. The lowest BCUT2D eigenvalue weighted by molar-refractivity contribution is 0.548. The van der Waals surface area contributed by atoms with E-state index in [9.17, 15) is 0 Å². The summed E-state index contributed by atoms with van der Waals surface area (Å²) in [4.78, 5) is 4.20. The molecule has 4 heteroatoms. The summed E-state index contributed by atoms with van der Waals surface area (Å²) in [5.41, 5.74) is 2.37. The minimum Gasteiger partial charge on any atom is -0.440 e. The van der Waals surface area contributed by atoms with E-state index >= 15 is 0 Å². The Morgan fingerprint density at radius 1 is 1.50 bits per heavy atom. The van der Waals surface area contributed by atoms with Crippen LogP contribution in [0.2, 0.25) is 0 Å². The van der Waals surface area contributed by atoms with Gasteiger partial charge in [0.15, 0.2) is 5.58 Å². The second-order valence-electron chi connectivity index (χ2n) is 2.84. The van der Waals surface area contributed by atoms with E-state index < -0.39 is 0 Å². The Morgan fingerprint density at radius 2 is 2.36 bits per heavy atom. The van der Waals surface area contributed by atoms with Gasteiger partial charge >= 0.3 is 0 Å². The van der Waals surface area contributed by atoms with Gasteiger partial charge in [-0.2, -0.15) is 5.26 Å². The number of para-hydroxylation sites is 1. The monoisotopic (exact) mass is 206 g/mol. The minimum atomic E-state index is 0.191. The third-order valence-corrected chi connectivity index (χ3v) is 2.21. The largest absolute Gasteiger partial charge is 0.440 e. The first-order valence-electron chi connectivity index (χ1n) is 4.15. The van der Waals surface area contributed by atoms with Crippen molar-refractivity contribution in [2.24, 2.45) is 0 Å². The number of rotatable bonds is 2. The quantitative estimate of drug-likeness (QED) is 0.710. The van der Waals surface area contributed by atoms with Crippen LogP contribution in [0.3, 0.4) is 0 Å². The Kier molecular flexibility index (Phi) is 2.38. The molecule has 0 N–H and O–H groups in total. The summed E-state index contributed by atoms with van der Waals surface area (Å²) < 4.78 is 5.36. The van der Waals surface area contributed by atoms with Crippen molar-refractivity contribution in [1.82, 2.24) is 4.98 Å². The fourth-order valence-corrected chi connectivity index (χ4v) is 1.52. The maximum atomic E-state index is 8.50. The maximum Gasteiger partial charge on any atom is 0.209 e. The highest BCUT2D eigenvalue weighted by molar-refractivity contribution is 6.17. The van der Waals surface area contributed by atoms with E-state index in [1.165, 1.54) is 0 Å². The maximum absolute atomic E-state index is 8.50. The van der Waals surface area contributed by atoms with E-state index in [0.717, 1.165) is 11.1 Å². The van der Waals surface area contributed by atoms with Crippen LogP contribution in [0.5, 0.6) is 0 Å². The highest BCUT2D eigenvalue weighted by Crippen LogP contribution is 2.20. The lowest BCUT2D eigenvalue weighted by atomic mass is 10.2. The fraction of sp³-hybridized carbons (Fsp3) is 0.200. The smallest absolute Gasteiger partial charge is 0.209 e. The molecule has 0 aliphatic rings. The van der Waals surface area contributed by atoms with Crippen molar-refractivity contribution in [3.05, 3.63) is 29.7 Å². The number of hydrogen-bond acceptors (Lipinski definition) is 3. The van der Waals surface area contributed by atoms with E-state index in [0.29, 0.717) is 17.4 Å². The Labute approximate surface area is 85.9 Å². The van der Waals surface area contributed by atoms with Crippen molar-refractivity contribution in [1.29, 1.82) is 5.26 Å². The number of fused-ring (bicyclic) bond motifs is 1. The van der Waals surface area contributed by atoms with Crippen LogP contribution in [-0.2, 0) is 12.3 Å². The normalized spacial score (nSPS) is 10.3. The van der Waals surface area contributed by atoms with E-state index in [-0.39, 0.29) is 6.42 Å². The van der Waals surface area contributed by atoms with Crippen molar-refractivity contribution < 1.29 is 4.42 Å². The van der Waals surface area contributed by atoms with Crippen LogP contribution in [0, 0.1) is 11.3 Å². The van der Waals surface area contributed by atoms with Crippen LogP contribution in [0.1, 0.15) is 11.5 Å². The van der Waals surface area contributed by atoms with Crippen molar-refractivity contribution in [3.8, 4) is 6.07 Å². The number of nitriles is 1. The molecule has 1 aromatic heterocycles. The van der Waals surface area contributed by atoms with Crippen LogP contribution in [0.15, 0.2) is 22.6 Å². The first kappa shape index (κ1) is 9.04. The minimum absolute atomic E-state index is 0.191. The zero-order valence-electron chi connectivity index (χ0n) is 7.33. The van der Waals surface area contributed by atoms with Gasteiger partial charge in [-0.05, 0) is 11.6 Å². The van der Waals surface area contributed by atoms with Crippen LogP contribution in [-0.4, -0.2) is 4.98 Å². The third-order valence-electron chi connectivity index (χ3n) is 1.92. The Morgan fingerprint density at radius 3 is 3.07 bits per heavy atom. The molecule has 0 aliphatic heterocycles. The molecule has 0 saturated carbocycles. The first-order chi connectivity index (χ1) is 6.85. The van der Waals surface area contributed by atoms with Gasteiger partial charge in [-0.25, -0.2) is 4.98 Å². The number of hydrogen-bond donors (Lipinski definition) is 0. The van der Waals surface area contributed by atoms with Gasteiger partial charge in [-0.15, -0.1) is 11.6 Å². The molecule has 70 valence electrons. The van der Waals surface area contributed by atoms with Gasteiger partial charge in [0, 0.05) is 5.88 Å². The second kappa shape index (κ2) is 3.69. The van der Waals surface area contributed by atoms with Gasteiger partial charge in [0.25, 0.3) is 0 Å². The molecule has 2 rings (SSSR count). The van der Waals surface area contributed by atoms with E-state index in [1.807, 2.05) is 24.3 Å². The van der Waals surface area contributed by atoms with Crippen molar-refractivity contribution in [2.45, 2.75) is 12.3 Å². The molecule has 1 heterocycles. The number of benzene rings is 1. The predicted molar refractivity (Wildman–Crippen MR) is 52.9 cm³/mol. The molecular formula is C10H7ClN2O. The molecule has 0 fully saturated rings. The lowest BCUT2D eigenvalue weighted by Crippen LogP contribution is -1.82. The van der Waals surface area contributed by atoms with Crippen LogP contribution in [0.25, 0.3) is 11.1 Å². The van der Waals surface area contributed by atoms with Gasteiger partial charge < -0.3 is 4.42 Å². The Bertz CT molecular complexity index is 498. The molecular weight excluding hydrogens is 200 g/mol. The Balaban J connectivity index is 2.59. The summed E-state index contributed by atoms with van der Waals surface area (Å²) in [5.74, 6) is 0.843. The van der Waals surface area contributed by atoms with Gasteiger partial charge in [0.1, 0.15) is 11.9 Å². The summed E-state index contributed by atoms with van der Waals surface area (Å²) in [7, 11) is 0. The number of aromatic nitrogens is 1. The molecule has 0 bridgehead atoms. The lowest BCUT2D eigenvalue weighted by Gasteiger charge is -1.92. The summed E-state index contributed by atoms with van der Waals surface area (Å²) >= 11 is 5.75. The summed E-state index contributed by atoms with van der Waals surface area (Å²) in [5, 5.41) is 8.50. The molecule has 1 aromatic carbocycles. The average molecular weight is 207 g/mol. The van der Waals surface area contributed by atoms with Crippen molar-refractivity contribution >= 4 is 22.7 Å². The highest BCUT2D eigenvalue weighted by Gasteiger charge is 2.08. The molecule has 0 spiro atoms. The zero-order valence-corrected chi connectivity index (χ0v) is 8.08. The van der Waals surface area contributed by atoms with Crippen LogP contribution in [0.4, 0.5) is 0 Å². The molecule has 0 saturated heterocycles. The topological polar surface area (TPSA) is 49.8 Å². The van der Waals surface area contributed by atoms with Crippen LogP contribution >= 0.6 is 11.6 Å². The van der Waals surface area contributed by atoms with E-state index in [1.54, 1.807) is 0 Å². The van der Waals surface area contributed by atoms with Crippen molar-refractivity contribution in [2.75, 3.05) is 0 Å². The summed E-state index contributed by atoms with van der Waals surface area (Å²) in [6.45, 7) is 0.